The quantitative estimate of drug-likeness (QED) is 0.748. The zero-order chi connectivity index (χ0) is 18.1. The minimum atomic E-state index is -0.395. The van der Waals surface area contributed by atoms with Crippen molar-refractivity contribution < 1.29 is 4.79 Å². The van der Waals surface area contributed by atoms with Crippen molar-refractivity contribution in [2.75, 3.05) is 0 Å². The summed E-state index contributed by atoms with van der Waals surface area (Å²) in [7, 11) is 0. The highest BCUT2D eigenvalue weighted by atomic mass is 16.1. The minimum absolute atomic E-state index is 0.395. The van der Waals surface area contributed by atoms with Gasteiger partial charge in [0.15, 0.2) is 0 Å². The molecular formula is C21H25N3O. The predicted octanol–water partition coefficient (Wildman–Crippen LogP) is 4.47. The Morgan fingerprint density at radius 3 is 2.52 bits per heavy atom. The number of amides is 1. The van der Waals surface area contributed by atoms with Crippen LogP contribution in [0.4, 0.5) is 0 Å². The first-order valence-corrected chi connectivity index (χ1v) is 8.75. The van der Waals surface area contributed by atoms with Crippen LogP contribution in [-0.2, 0) is 6.54 Å². The fraction of sp³-hybridized carbons (Fsp3) is 0.333. The lowest BCUT2D eigenvalue weighted by molar-refractivity contribution is 0.1000. The molecule has 3 rings (SSSR count). The molecule has 0 aliphatic heterocycles. The molecule has 0 unspecified atom stereocenters. The van der Waals surface area contributed by atoms with Gasteiger partial charge in [0.05, 0.1) is 16.8 Å². The molecule has 1 amide bonds. The van der Waals surface area contributed by atoms with Crippen LogP contribution in [-0.4, -0.2) is 15.5 Å². The van der Waals surface area contributed by atoms with E-state index in [0.29, 0.717) is 11.5 Å². The highest BCUT2D eigenvalue weighted by molar-refractivity contribution is 6.02. The van der Waals surface area contributed by atoms with Crippen molar-refractivity contribution >= 4 is 16.8 Å². The highest BCUT2D eigenvalue weighted by Crippen LogP contribution is 2.32. The first-order valence-electron chi connectivity index (χ1n) is 8.75. The van der Waals surface area contributed by atoms with E-state index in [-0.39, 0.29) is 0 Å². The Hall–Kier alpha value is -2.62. The molecule has 0 aliphatic carbocycles. The zero-order valence-corrected chi connectivity index (χ0v) is 15.3. The van der Waals surface area contributed by atoms with E-state index in [1.807, 2.05) is 50.2 Å². The lowest BCUT2D eigenvalue weighted by atomic mass is 10.0. The van der Waals surface area contributed by atoms with Gasteiger partial charge < -0.3 is 10.3 Å². The van der Waals surface area contributed by atoms with E-state index in [4.69, 9.17) is 10.7 Å². The van der Waals surface area contributed by atoms with Crippen LogP contribution in [0.3, 0.4) is 0 Å². The number of carbonyl (C=O) groups is 1. The summed E-state index contributed by atoms with van der Waals surface area (Å²) in [6.45, 7) is 9.30. The molecule has 1 aromatic carbocycles. The predicted molar refractivity (Wildman–Crippen MR) is 103 cm³/mol. The lowest BCUT2D eigenvalue weighted by Gasteiger charge is -2.11. The topological polar surface area (TPSA) is 60.9 Å². The summed E-state index contributed by atoms with van der Waals surface area (Å²) in [5.74, 6) is 0.203. The van der Waals surface area contributed by atoms with E-state index in [1.54, 1.807) is 0 Å². The van der Waals surface area contributed by atoms with Crippen LogP contribution in [0.2, 0.25) is 0 Å². The molecule has 0 fully saturated rings. The molecule has 4 heteroatoms. The maximum atomic E-state index is 12.2. The molecular weight excluding hydrogens is 310 g/mol. The van der Waals surface area contributed by atoms with Crippen molar-refractivity contribution in [3.05, 3.63) is 53.3 Å². The number of rotatable bonds is 5. The molecule has 0 saturated carbocycles. The molecule has 25 heavy (non-hydrogen) atoms. The van der Waals surface area contributed by atoms with Gasteiger partial charge in [-0.1, -0.05) is 38.1 Å². The Morgan fingerprint density at radius 2 is 1.84 bits per heavy atom. The average molecular weight is 335 g/mol. The number of primary amides is 1. The van der Waals surface area contributed by atoms with E-state index in [9.17, 15) is 4.79 Å². The summed E-state index contributed by atoms with van der Waals surface area (Å²) in [5.41, 5.74) is 10.9. The largest absolute Gasteiger partial charge is 0.366 e. The number of para-hydroxylation sites is 1. The molecule has 0 aliphatic rings. The Bertz CT molecular complexity index is 938. The summed E-state index contributed by atoms with van der Waals surface area (Å²) in [6, 6.07) is 12.0. The number of fused-ring (bicyclic) bond motifs is 1. The Labute approximate surface area is 148 Å². The third kappa shape index (κ3) is 3.16. The molecule has 0 spiro atoms. The fourth-order valence-corrected chi connectivity index (χ4v) is 3.43. The van der Waals surface area contributed by atoms with Crippen LogP contribution in [0.15, 0.2) is 36.4 Å². The molecule has 130 valence electrons. The van der Waals surface area contributed by atoms with Gasteiger partial charge in [-0.2, -0.15) is 0 Å². The molecule has 0 saturated heterocycles. The van der Waals surface area contributed by atoms with Gasteiger partial charge in [-0.05, 0) is 38.3 Å². The van der Waals surface area contributed by atoms with Crippen molar-refractivity contribution in [3.63, 3.8) is 0 Å². The third-order valence-corrected chi connectivity index (χ3v) is 4.81. The number of hydrogen-bond donors (Lipinski definition) is 1. The van der Waals surface area contributed by atoms with Gasteiger partial charge >= 0.3 is 0 Å². The van der Waals surface area contributed by atoms with Crippen LogP contribution >= 0.6 is 0 Å². The second-order valence-corrected chi connectivity index (χ2v) is 7.01. The van der Waals surface area contributed by atoms with Gasteiger partial charge in [0.2, 0.25) is 0 Å². The van der Waals surface area contributed by atoms with E-state index >= 15 is 0 Å². The Morgan fingerprint density at radius 1 is 1.12 bits per heavy atom. The summed E-state index contributed by atoms with van der Waals surface area (Å²) in [6.07, 6.45) is 1.05. The standard InChI is InChI=1S/C21H25N3O/c1-13(2)11-12-24-14(3)19(20(15(24)4)21(22)25)18-10-9-16-7-5-6-8-17(16)23-18/h5-10,13H,11-12H2,1-4H3,(H2,22,25). The number of benzene rings is 1. The second kappa shape index (κ2) is 6.71. The average Bonchev–Trinajstić information content (AvgIpc) is 2.83. The molecule has 3 aromatic rings. The number of nitrogens with two attached hydrogens (primary N) is 1. The molecule has 2 heterocycles. The molecule has 2 aromatic heterocycles. The number of pyridine rings is 1. The van der Waals surface area contributed by atoms with Crippen molar-refractivity contribution in [1.29, 1.82) is 0 Å². The van der Waals surface area contributed by atoms with Gasteiger partial charge in [0.1, 0.15) is 0 Å². The van der Waals surface area contributed by atoms with Crippen LogP contribution in [0.1, 0.15) is 42.0 Å². The van der Waals surface area contributed by atoms with Gasteiger partial charge in [0.25, 0.3) is 5.91 Å². The van der Waals surface area contributed by atoms with Crippen molar-refractivity contribution in [2.24, 2.45) is 11.7 Å². The van der Waals surface area contributed by atoms with Gasteiger partial charge in [-0.25, -0.2) is 4.98 Å². The lowest BCUT2D eigenvalue weighted by Crippen LogP contribution is -2.14. The highest BCUT2D eigenvalue weighted by Gasteiger charge is 2.23. The zero-order valence-electron chi connectivity index (χ0n) is 15.3. The van der Waals surface area contributed by atoms with Crippen LogP contribution in [0.25, 0.3) is 22.2 Å². The smallest absolute Gasteiger partial charge is 0.251 e. The maximum absolute atomic E-state index is 12.2. The normalized spacial score (nSPS) is 11.4. The van der Waals surface area contributed by atoms with Crippen molar-refractivity contribution in [2.45, 2.75) is 40.7 Å². The fourth-order valence-electron chi connectivity index (χ4n) is 3.43. The summed E-state index contributed by atoms with van der Waals surface area (Å²) >= 11 is 0. The van der Waals surface area contributed by atoms with Crippen LogP contribution in [0.5, 0.6) is 0 Å². The van der Waals surface area contributed by atoms with Crippen molar-refractivity contribution in [1.82, 2.24) is 9.55 Å². The summed E-state index contributed by atoms with van der Waals surface area (Å²) < 4.78 is 2.20. The van der Waals surface area contributed by atoms with Crippen LogP contribution in [0, 0.1) is 19.8 Å². The van der Waals surface area contributed by atoms with E-state index < -0.39 is 5.91 Å². The summed E-state index contributed by atoms with van der Waals surface area (Å²) in [5, 5.41) is 1.08. The van der Waals surface area contributed by atoms with Gasteiger partial charge in [0, 0.05) is 28.9 Å². The first kappa shape index (κ1) is 17.2. The van der Waals surface area contributed by atoms with E-state index in [0.717, 1.165) is 46.5 Å². The Kier molecular flexibility index (Phi) is 4.62. The molecule has 2 N–H and O–H groups in total. The second-order valence-electron chi connectivity index (χ2n) is 7.01. The van der Waals surface area contributed by atoms with Gasteiger partial charge in [-0.3, -0.25) is 4.79 Å². The first-order chi connectivity index (χ1) is 11.9. The number of hydrogen-bond acceptors (Lipinski definition) is 2. The molecule has 0 atom stereocenters. The van der Waals surface area contributed by atoms with Crippen LogP contribution < -0.4 is 5.73 Å². The number of aromatic nitrogens is 2. The monoisotopic (exact) mass is 335 g/mol. The minimum Gasteiger partial charge on any atom is -0.366 e. The molecule has 4 nitrogen and oxygen atoms in total. The SMILES string of the molecule is Cc1c(C(N)=O)c(-c2ccc3ccccc3n2)c(C)n1CCC(C)C. The Balaban J connectivity index is 2.19. The van der Waals surface area contributed by atoms with Gasteiger partial charge in [-0.15, -0.1) is 0 Å². The number of carbonyl (C=O) groups excluding carboxylic acids is 1. The molecule has 0 bridgehead atoms. The summed E-state index contributed by atoms with van der Waals surface area (Å²) in [4.78, 5) is 16.9. The van der Waals surface area contributed by atoms with E-state index in [1.165, 1.54) is 0 Å². The number of nitrogens with zero attached hydrogens (tertiary/aromatic N) is 2. The molecule has 0 radical (unpaired) electrons. The van der Waals surface area contributed by atoms with Crippen molar-refractivity contribution in [3.8, 4) is 11.3 Å². The third-order valence-electron chi connectivity index (χ3n) is 4.81. The van der Waals surface area contributed by atoms with E-state index in [2.05, 4.69) is 18.4 Å². The maximum Gasteiger partial charge on any atom is 0.251 e.